The molecule has 0 spiro atoms. The lowest BCUT2D eigenvalue weighted by molar-refractivity contribution is 0.240. The van der Waals surface area contributed by atoms with Crippen LogP contribution in [0.3, 0.4) is 0 Å². The highest BCUT2D eigenvalue weighted by Gasteiger charge is 2.39. The van der Waals surface area contributed by atoms with Crippen molar-refractivity contribution in [2.75, 3.05) is 19.6 Å². The van der Waals surface area contributed by atoms with Crippen LogP contribution in [0.15, 0.2) is 64.3 Å². The molecule has 0 bridgehead atoms. The van der Waals surface area contributed by atoms with Crippen LogP contribution < -0.4 is 0 Å². The van der Waals surface area contributed by atoms with Crippen LogP contribution in [0.2, 0.25) is 0 Å². The van der Waals surface area contributed by atoms with Crippen LogP contribution in [0.1, 0.15) is 43.2 Å². The maximum Gasteiger partial charge on any atom is 0.193 e. The van der Waals surface area contributed by atoms with Crippen molar-refractivity contribution < 1.29 is 8.78 Å². The number of terminal acetylenes is 1. The quantitative estimate of drug-likeness (QED) is 0.533. The van der Waals surface area contributed by atoms with Gasteiger partial charge >= 0.3 is 0 Å². The Morgan fingerprint density at radius 2 is 1.43 bits per heavy atom. The molecule has 2 aromatic rings. The van der Waals surface area contributed by atoms with Gasteiger partial charge in [-0.3, -0.25) is 0 Å². The van der Waals surface area contributed by atoms with E-state index in [2.05, 4.69) is 21.0 Å². The van der Waals surface area contributed by atoms with Crippen LogP contribution >= 0.6 is 0 Å². The van der Waals surface area contributed by atoms with E-state index in [0.29, 0.717) is 6.42 Å². The molecule has 0 saturated carbocycles. The largest absolute Gasteiger partial charge is 0.303 e. The Labute approximate surface area is 176 Å². The van der Waals surface area contributed by atoms with Crippen molar-refractivity contribution in [2.24, 2.45) is 10.2 Å². The Morgan fingerprint density at radius 3 is 1.90 bits per heavy atom. The Balaban J connectivity index is 1.47. The first-order chi connectivity index (χ1) is 14.6. The lowest BCUT2D eigenvalue weighted by Gasteiger charge is -2.30. The van der Waals surface area contributed by atoms with E-state index >= 15 is 0 Å². The number of likely N-dealkylation sites (tertiary alicyclic amines) is 1. The topological polar surface area (TPSA) is 28.0 Å². The van der Waals surface area contributed by atoms with E-state index in [0.717, 1.165) is 62.0 Å². The Kier molecular flexibility index (Phi) is 6.06. The molecule has 2 aliphatic heterocycles. The van der Waals surface area contributed by atoms with Crippen LogP contribution in [0, 0.1) is 24.0 Å². The highest BCUT2D eigenvalue weighted by Crippen LogP contribution is 2.37. The lowest BCUT2D eigenvalue weighted by Crippen LogP contribution is -2.34. The Bertz CT molecular complexity index is 921. The van der Waals surface area contributed by atoms with Gasteiger partial charge in [0.2, 0.25) is 0 Å². The molecule has 0 N–H and O–H groups in total. The van der Waals surface area contributed by atoms with Crippen LogP contribution in [0.25, 0.3) is 5.57 Å². The maximum absolute atomic E-state index is 13.5. The zero-order chi connectivity index (χ0) is 21.0. The van der Waals surface area contributed by atoms with Crippen molar-refractivity contribution in [3.63, 3.8) is 0 Å². The van der Waals surface area contributed by atoms with Gasteiger partial charge in [0.25, 0.3) is 0 Å². The molecule has 0 aromatic heterocycles. The fourth-order valence-electron chi connectivity index (χ4n) is 4.11. The van der Waals surface area contributed by atoms with E-state index in [4.69, 9.17) is 6.42 Å². The molecule has 0 radical (unpaired) electrons. The van der Waals surface area contributed by atoms with Crippen molar-refractivity contribution in [3.8, 4) is 12.3 Å². The van der Waals surface area contributed by atoms with Crippen molar-refractivity contribution in [1.82, 2.24) is 4.90 Å². The first kappa shape index (κ1) is 20.4. The number of hydrogen-bond acceptors (Lipinski definition) is 3. The summed E-state index contributed by atoms with van der Waals surface area (Å²) < 4.78 is 26.9. The number of benzene rings is 2. The summed E-state index contributed by atoms with van der Waals surface area (Å²) in [5, 5.41) is 8.45. The molecule has 2 aromatic carbocycles. The normalized spacial score (nSPS) is 17.6. The van der Waals surface area contributed by atoms with Gasteiger partial charge < -0.3 is 4.90 Å². The number of nitrogens with zero attached hydrogens (tertiary/aromatic N) is 3. The number of piperidine rings is 1. The summed E-state index contributed by atoms with van der Waals surface area (Å²) in [7, 11) is 0. The van der Waals surface area contributed by atoms with Crippen LogP contribution in [0.5, 0.6) is 0 Å². The molecule has 0 unspecified atom stereocenters. The Morgan fingerprint density at radius 1 is 0.900 bits per heavy atom. The van der Waals surface area contributed by atoms with Crippen LogP contribution in [0.4, 0.5) is 8.78 Å². The van der Waals surface area contributed by atoms with Gasteiger partial charge in [-0.2, -0.15) is 10.2 Å². The second-order valence-electron chi connectivity index (χ2n) is 7.97. The van der Waals surface area contributed by atoms with Crippen molar-refractivity contribution in [3.05, 3.63) is 76.9 Å². The van der Waals surface area contributed by atoms with E-state index in [1.165, 1.54) is 29.8 Å². The lowest BCUT2D eigenvalue weighted by atomic mass is 9.88. The van der Waals surface area contributed by atoms with Crippen LogP contribution in [-0.2, 0) is 0 Å². The maximum atomic E-state index is 13.5. The molecule has 4 rings (SSSR count). The van der Waals surface area contributed by atoms with Gasteiger partial charge in [-0.1, -0.05) is 29.8 Å². The molecule has 0 atom stereocenters. The third kappa shape index (κ3) is 4.83. The van der Waals surface area contributed by atoms with Gasteiger partial charge in [0.15, 0.2) is 5.66 Å². The fourth-order valence-corrected chi connectivity index (χ4v) is 4.11. The van der Waals surface area contributed by atoms with E-state index in [1.807, 2.05) is 0 Å². The number of rotatable bonds is 7. The molecule has 30 heavy (non-hydrogen) atoms. The van der Waals surface area contributed by atoms with E-state index in [9.17, 15) is 8.78 Å². The van der Waals surface area contributed by atoms with Crippen molar-refractivity contribution >= 4 is 5.57 Å². The van der Waals surface area contributed by atoms with Gasteiger partial charge in [0.05, 0.1) is 0 Å². The summed E-state index contributed by atoms with van der Waals surface area (Å²) in [5.74, 6) is 2.16. The molecule has 1 saturated heterocycles. The molecule has 154 valence electrons. The summed E-state index contributed by atoms with van der Waals surface area (Å²) in [4.78, 5) is 2.44. The molecule has 0 amide bonds. The van der Waals surface area contributed by atoms with Gasteiger partial charge in [-0.25, -0.2) is 8.78 Å². The highest BCUT2D eigenvalue weighted by molar-refractivity contribution is 5.82. The van der Waals surface area contributed by atoms with Gasteiger partial charge in [0, 0.05) is 38.9 Å². The second-order valence-corrected chi connectivity index (χ2v) is 7.97. The highest BCUT2D eigenvalue weighted by atomic mass is 19.1. The minimum absolute atomic E-state index is 0.240. The third-order valence-electron chi connectivity index (χ3n) is 5.96. The third-order valence-corrected chi connectivity index (χ3v) is 5.96. The molecule has 0 aliphatic carbocycles. The Hall–Kier alpha value is -2.84. The number of halogens is 2. The summed E-state index contributed by atoms with van der Waals surface area (Å²) in [6, 6.07) is 13.1. The standard InChI is InChI=1S/C25H25F2N3/c1-2-3-14-25(28-29-25)15-18-30-16-12-21(13-17-30)24(19-4-8-22(26)9-5-19)20-6-10-23(27)11-7-20/h1,4-11H,3,12-18H2. The smallest absolute Gasteiger partial charge is 0.193 e. The van der Waals surface area contributed by atoms with Gasteiger partial charge in [0.1, 0.15) is 11.6 Å². The van der Waals surface area contributed by atoms with E-state index in [1.54, 1.807) is 24.3 Å². The SMILES string of the molecule is C#CCCC1(CCN2CCC(=C(c3ccc(F)cc3)c3ccc(F)cc3)CC2)N=N1. The van der Waals surface area contributed by atoms with Crippen LogP contribution in [-0.4, -0.2) is 30.2 Å². The van der Waals surface area contributed by atoms with Gasteiger partial charge in [-0.15, -0.1) is 12.3 Å². The van der Waals surface area contributed by atoms with E-state index in [-0.39, 0.29) is 17.3 Å². The zero-order valence-electron chi connectivity index (χ0n) is 17.0. The molecule has 3 nitrogen and oxygen atoms in total. The second kappa shape index (κ2) is 8.89. The molecule has 2 aliphatic rings. The van der Waals surface area contributed by atoms with E-state index < -0.39 is 0 Å². The minimum Gasteiger partial charge on any atom is -0.303 e. The average Bonchev–Trinajstić information content (AvgIpc) is 3.55. The molecule has 1 fully saturated rings. The predicted octanol–water partition coefficient (Wildman–Crippen LogP) is 5.83. The zero-order valence-corrected chi connectivity index (χ0v) is 17.0. The van der Waals surface area contributed by atoms with Crippen molar-refractivity contribution in [2.45, 2.75) is 37.8 Å². The molecular formula is C25H25F2N3. The summed E-state index contributed by atoms with van der Waals surface area (Å²) in [6.07, 6.45) is 9.68. The number of hydrogen-bond donors (Lipinski definition) is 0. The summed E-state index contributed by atoms with van der Waals surface area (Å²) >= 11 is 0. The minimum atomic E-state index is -0.258. The fraction of sp³-hybridized carbons (Fsp3) is 0.360. The van der Waals surface area contributed by atoms with Gasteiger partial charge in [-0.05, 0) is 53.8 Å². The molecule has 2 heterocycles. The van der Waals surface area contributed by atoms with Crippen molar-refractivity contribution in [1.29, 1.82) is 0 Å². The molecular weight excluding hydrogens is 380 g/mol. The average molecular weight is 405 g/mol. The first-order valence-electron chi connectivity index (χ1n) is 10.4. The predicted molar refractivity (Wildman–Crippen MR) is 115 cm³/mol. The molecule has 5 heteroatoms. The summed E-state index contributed by atoms with van der Waals surface area (Å²) in [5.41, 5.74) is 4.11. The monoisotopic (exact) mass is 405 g/mol. The summed E-state index contributed by atoms with van der Waals surface area (Å²) in [6.45, 7) is 2.85. The first-order valence-corrected chi connectivity index (χ1v) is 10.4.